The molecule has 2 heterocycles. The Hall–Kier alpha value is -4.40. The van der Waals surface area contributed by atoms with Crippen molar-refractivity contribution in [2.75, 3.05) is 24.9 Å². The number of nitrogens with zero attached hydrogens (tertiary/aromatic N) is 4. The molecule has 2 aromatic heterocycles. The molecule has 2 N–H and O–H groups in total. The highest BCUT2D eigenvalue weighted by Crippen LogP contribution is 2.21. The Morgan fingerprint density at radius 2 is 1.42 bits per heavy atom. The molecule has 0 fully saturated rings. The van der Waals surface area contributed by atoms with Crippen LogP contribution in [-0.2, 0) is 13.1 Å². The SMILES string of the molecule is COc1ccccc1CNc1nc(NCc2ccccc2OC)n(C(=O)c2ccncc2)n1. The Balaban J connectivity index is 1.59. The van der Waals surface area contributed by atoms with Gasteiger partial charge in [-0.1, -0.05) is 36.4 Å². The lowest BCUT2D eigenvalue weighted by atomic mass is 10.2. The van der Waals surface area contributed by atoms with Crippen LogP contribution in [-0.4, -0.2) is 39.9 Å². The van der Waals surface area contributed by atoms with Crippen molar-refractivity contribution in [2.24, 2.45) is 0 Å². The zero-order valence-electron chi connectivity index (χ0n) is 18.4. The summed E-state index contributed by atoms with van der Waals surface area (Å²) < 4.78 is 12.1. The smallest absolute Gasteiger partial charge is 0.281 e. The molecule has 0 aliphatic carbocycles. The van der Waals surface area contributed by atoms with E-state index in [1.54, 1.807) is 38.7 Å². The number of carbonyl (C=O) groups is 1. The molecule has 2 aromatic carbocycles. The molecule has 0 aliphatic heterocycles. The zero-order valence-corrected chi connectivity index (χ0v) is 18.4. The molecule has 0 spiro atoms. The van der Waals surface area contributed by atoms with E-state index in [0.717, 1.165) is 22.6 Å². The first-order valence-corrected chi connectivity index (χ1v) is 10.3. The summed E-state index contributed by atoms with van der Waals surface area (Å²) in [6.45, 7) is 0.835. The van der Waals surface area contributed by atoms with Gasteiger partial charge < -0.3 is 20.1 Å². The second-order valence-electron chi connectivity index (χ2n) is 7.04. The van der Waals surface area contributed by atoms with Crippen molar-refractivity contribution in [2.45, 2.75) is 13.1 Å². The fourth-order valence-electron chi connectivity index (χ4n) is 3.31. The minimum Gasteiger partial charge on any atom is -0.496 e. The van der Waals surface area contributed by atoms with Crippen molar-refractivity contribution in [3.63, 3.8) is 0 Å². The Morgan fingerprint density at radius 1 is 0.848 bits per heavy atom. The normalized spacial score (nSPS) is 10.5. The molecule has 0 saturated carbocycles. The summed E-state index contributed by atoms with van der Waals surface area (Å²) in [5, 5.41) is 10.8. The number of benzene rings is 2. The molecule has 33 heavy (non-hydrogen) atoms. The van der Waals surface area contributed by atoms with E-state index >= 15 is 0 Å². The van der Waals surface area contributed by atoms with Gasteiger partial charge >= 0.3 is 0 Å². The van der Waals surface area contributed by atoms with Crippen molar-refractivity contribution in [3.8, 4) is 11.5 Å². The molecule has 0 bridgehead atoms. The second kappa shape index (κ2) is 10.3. The van der Waals surface area contributed by atoms with Gasteiger partial charge in [-0.05, 0) is 24.3 Å². The molecule has 4 rings (SSSR count). The van der Waals surface area contributed by atoms with Crippen LogP contribution >= 0.6 is 0 Å². The number of carbonyl (C=O) groups excluding carboxylic acids is 1. The van der Waals surface area contributed by atoms with Crippen LogP contribution in [0.2, 0.25) is 0 Å². The highest BCUT2D eigenvalue weighted by Gasteiger charge is 2.18. The molecule has 4 aromatic rings. The van der Waals surface area contributed by atoms with E-state index in [1.807, 2.05) is 48.5 Å². The van der Waals surface area contributed by atoms with Crippen LogP contribution in [0.15, 0.2) is 73.1 Å². The standard InChI is InChI=1S/C24H24N6O3/c1-32-20-9-5-3-7-18(20)15-26-23-28-24(27-16-19-8-4-6-10-21(19)33-2)30(29-23)22(31)17-11-13-25-14-12-17/h3-14H,15-16H2,1-2H3,(H2,26,27,28,29). The minimum atomic E-state index is -0.322. The Morgan fingerprint density at radius 3 is 2.03 bits per heavy atom. The van der Waals surface area contributed by atoms with E-state index in [2.05, 4.69) is 25.7 Å². The number of methoxy groups -OCH3 is 2. The predicted molar refractivity (Wildman–Crippen MR) is 125 cm³/mol. The first-order chi connectivity index (χ1) is 16.2. The van der Waals surface area contributed by atoms with Gasteiger partial charge in [0.2, 0.25) is 11.9 Å². The molecule has 168 valence electrons. The summed E-state index contributed by atoms with van der Waals surface area (Å²) in [7, 11) is 3.24. The molecule has 0 atom stereocenters. The summed E-state index contributed by atoms with van der Waals surface area (Å²) in [6.07, 6.45) is 3.12. The molecule has 0 amide bonds. The number of pyridine rings is 1. The zero-order chi connectivity index (χ0) is 23.0. The molecular formula is C24H24N6O3. The quantitative estimate of drug-likeness (QED) is 0.404. The van der Waals surface area contributed by atoms with Gasteiger partial charge in [-0.25, -0.2) is 0 Å². The lowest BCUT2D eigenvalue weighted by molar-refractivity contribution is 0.0947. The van der Waals surface area contributed by atoms with Gasteiger partial charge in [-0.15, -0.1) is 5.10 Å². The molecule has 9 heteroatoms. The number of nitrogens with one attached hydrogen (secondary N) is 2. The van der Waals surface area contributed by atoms with Gasteiger partial charge in [0.05, 0.1) is 14.2 Å². The third kappa shape index (κ3) is 5.09. The third-order valence-electron chi connectivity index (χ3n) is 4.99. The van der Waals surface area contributed by atoms with E-state index in [4.69, 9.17) is 9.47 Å². The summed E-state index contributed by atoms with van der Waals surface area (Å²) in [4.78, 5) is 21.6. The Kier molecular flexibility index (Phi) is 6.79. The number of hydrogen-bond acceptors (Lipinski definition) is 8. The molecular weight excluding hydrogens is 420 g/mol. The van der Waals surface area contributed by atoms with Crippen molar-refractivity contribution in [1.82, 2.24) is 19.7 Å². The lowest BCUT2D eigenvalue weighted by Crippen LogP contribution is -2.17. The number of aromatic nitrogens is 4. The molecule has 0 unspecified atom stereocenters. The fraction of sp³-hybridized carbons (Fsp3) is 0.167. The van der Waals surface area contributed by atoms with Gasteiger partial charge in [0.25, 0.3) is 5.91 Å². The maximum absolute atomic E-state index is 13.1. The van der Waals surface area contributed by atoms with Crippen LogP contribution in [0.5, 0.6) is 11.5 Å². The van der Waals surface area contributed by atoms with Crippen LogP contribution in [0.4, 0.5) is 11.9 Å². The number of rotatable bonds is 9. The number of anilines is 2. The van der Waals surface area contributed by atoms with Crippen molar-refractivity contribution in [1.29, 1.82) is 0 Å². The highest BCUT2D eigenvalue weighted by molar-refractivity contribution is 5.96. The van der Waals surface area contributed by atoms with Crippen molar-refractivity contribution >= 4 is 17.8 Å². The van der Waals surface area contributed by atoms with E-state index in [1.165, 1.54) is 4.68 Å². The number of hydrogen-bond donors (Lipinski definition) is 2. The summed E-state index contributed by atoms with van der Waals surface area (Å²) in [5.74, 6) is 1.80. The fourth-order valence-corrected chi connectivity index (χ4v) is 3.31. The van der Waals surface area contributed by atoms with Crippen LogP contribution in [0, 0.1) is 0 Å². The molecule has 0 radical (unpaired) electrons. The first kappa shape index (κ1) is 21.8. The van der Waals surface area contributed by atoms with E-state index in [9.17, 15) is 4.79 Å². The molecule has 9 nitrogen and oxygen atoms in total. The average molecular weight is 444 g/mol. The second-order valence-corrected chi connectivity index (χ2v) is 7.04. The number of para-hydroxylation sites is 2. The van der Waals surface area contributed by atoms with Gasteiger partial charge in [0.1, 0.15) is 11.5 Å². The average Bonchev–Trinajstić information content (AvgIpc) is 3.29. The van der Waals surface area contributed by atoms with Crippen LogP contribution in [0.25, 0.3) is 0 Å². The summed E-state index contributed by atoms with van der Waals surface area (Å²) in [6, 6.07) is 18.6. The van der Waals surface area contributed by atoms with Gasteiger partial charge in [0.15, 0.2) is 0 Å². The topological polar surface area (TPSA) is 103 Å². The maximum atomic E-state index is 13.1. The highest BCUT2D eigenvalue weighted by atomic mass is 16.5. The largest absolute Gasteiger partial charge is 0.496 e. The maximum Gasteiger partial charge on any atom is 0.281 e. The third-order valence-corrected chi connectivity index (χ3v) is 4.99. The van der Waals surface area contributed by atoms with E-state index in [0.29, 0.717) is 30.5 Å². The predicted octanol–water partition coefficient (Wildman–Crippen LogP) is 3.60. The van der Waals surface area contributed by atoms with E-state index in [-0.39, 0.29) is 5.91 Å². The monoisotopic (exact) mass is 444 g/mol. The van der Waals surface area contributed by atoms with Gasteiger partial charge in [-0.2, -0.15) is 9.67 Å². The molecule has 0 aliphatic rings. The first-order valence-electron chi connectivity index (χ1n) is 10.3. The Bertz CT molecular complexity index is 1230. The van der Waals surface area contributed by atoms with Gasteiger partial charge in [0, 0.05) is 42.2 Å². The lowest BCUT2D eigenvalue weighted by Gasteiger charge is -2.10. The molecule has 0 saturated heterocycles. The van der Waals surface area contributed by atoms with Crippen LogP contribution < -0.4 is 20.1 Å². The van der Waals surface area contributed by atoms with E-state index < -0.39 is 0 Å². The van der Waals surface area contributed by atoms with Crippen molar-refractivity contribution < 1.29 is 14.3 Å². The van der Waals surface area contributed by atoms with Crippen LogP contribution in [0.3, 0.4) is 0 Å². The Labute approximate surface area is 191 Å². The van der Waals surface area contributed by atoms with Crippen LogP contribution in [0.1, 0.15) is 21.5 Å². The minimum absolute atomic E-state index is 0.310. The number of ether oxygens (including phenoxy) is 2. The summed E-state index contributed by atoms with van der Waals surface area (Å²) in [5.41, 5.74) is 2.32. The summed E-state index contributed by atoms with van der Waals surface area (Å²) >= 11 is 0. The van der Waals surface area contributed by atoms with Gasteiger partial charge in [-0.3, -0.25) is 9.78 Å². The van der Waals surface area contributed by atoms with Crippen molar-refractivity contribution in [3.05, 3.63) is 89.7 Å².